The molecule has 0 radical (unpaired) electrons. The highest BCUT2D eigenvalue weighted by Crippen LogP contribution is 2.31. The van der Waals surface area contributed by atoms with Crippen molar-refractivity contribution < 1.29 is 9.21 Å². The number of carbonyl (C=O) groups is 1. The van der Waals surface area contributed by atoms with Gasteiger partial charge in [-0.15, -0.1) is 0 Å². The minimum Gasteiger partial charge on any atom is -0.436 e. The van der Waals surface area contributed by atoms with Gasteiger partial charge < -0.3 is 14.6 Å². The minimum absolute atomic E-state index is 0.293. The molecule has 1 amide bonds. The van der Waals surface area contributed by atoms with Gasteiger partial charge >= 0.3 is 0 Å². The number of hydrogen-bond acceptors (Lipinski definition) is 5. The Bertz CT molecular complexity index is 1510. The van der Waals surface area contributed by atoms with Gasteiger partial charge in [0.1, 0.15) is 5.69 Å². The lowest BCUT2D eigenvalue weighted by Gasteiger charge is -2.23. The Morgan fingerprint density at radius 1 is 0.868 bits per heavy atom. The molecule has 0 unspecified atom stereocenters. The van der Waals surface area contributed by atoms with Crippen molar-refractivity contribution in [1.82, 2.24) is 9.97 Å². The average molecular weight is 503 g/mol. The molecule has 0 aliphatic carbocycles. The van der Waals surface area contributed by atoms with Crippen LogP contribution in [-0.2, 0) is 0 Å². The Kier molecular flexibility index (Phi) is 7.59. The summed E-state index contributed by atoms with van der Waals surface area (Å²) in [6.07, 6.45) is 2.71. The normalized spacial score (nSPS) is 10.8. The van der Waals surface area contributed by atoms with E-state index < -0.39 is 0 Å². The summed E-state index contributed by atoms with van der Waals surface area (Å²) < 4.78 is 6.07. The summed E-state index contributed by atoms with van der Waals surface area (Å²) in [5.74, 6) is 0.810. The number of benzene rings is 3. The van der Waals surface area contributed by atoms with E-state index in [0.29, 0.717) is 28.6 Å². The summed E-state index contributed by atoms with van der Waals surface area (Å²) in [5.41, 5.74) is 5.29. The predicted molar refractivity (Wildman–Crippen MR) is 153 cm³/mol. The first-order valence-corrected chi connectivity index (χ1v) is 12.9. The molecule has 190 valence electrons. The highest BCUT2D eigenvalue weighted by Gasteiger charge is 2.18. The fraction of sp³-hybridized carbons (Fsp3) is 0.156. The summed E-state index contributed by atoms with van der Waals surface area (Å²) in [5, 5.41) is 3.05. The third-order valence-corrected chi connectivity index (χ3v) is 6.32. The molecule has 38 heavy (non-hydrogen) atoms. The molecule has 2 heterocycles. The van der Waals surface area contributed by atoms with Crippen molar-refractivity contribution in [2.75, 3.05) is 23.3 Å². The predicted octanol–water partition coefficient (Wildman–Crippen LogP) is 7.56. The third-order valence-electron chi connectivity index (χ3n) is 6.32. The minimum atomic E-state index is -0.293. The van der Waals surface area contributed by atoms with Crippen LogP contribution in [0.3, 0.4) is 0 Å². The molecule has 5 rings (SSSR count). The number of rotatable bonds is 9. The highest BCUT2D eigenvalue weighted by molar-refractivity contribution is 6.05. The first-order chi connectivity index (χ1) is 18.7. The molecule has 0 atom stereocenters. The van der Waals surface area contributed by atoms with Gasteiger partial charge in [0.25, 0.3) is 5.91 Å². The van der Waals surface area contributed by atoms with Gasteiger partial charge in [-0.05, 0) is 37.6 Å². The van der Waals surface area contributed by atoms with Gasteiger partial charge in [-0.1, -0.05) is 79.7 Å². The van der Waals surface area contributed by atoms with E-state index >= 15 is 0 Å². The Balaban J connectivity index is 1.48. The molecule has 0 fully saturated rings. The van der Waals surface area contributed by atoms with Gasteiger partial charge in [-0.2, -0.15) is 0 Å². The maximum atomic E-state index is 13.6. The first kappa shape index (κ1) is 25.0. The summed E-state index contributed by atoms with van der Waals surface area (Å²) in [6, 6.07) is 31.2. The Morgan fingerprint density at radius 2 is 1.55 bits per heavy atom. The van der Waals surface area contributed by atoms with Crippen molar-refractivity contribution in [1.29, 1.82) is 0 Å². The van der Waals surface area contributed by atoms with Crippen LogP contribution in [0.5, 0.6) is 0 Å². The first-order valence-electron chi connectivity index (χ1n) is 12.9. The number of amides is 1. The van der Waals surface area contributed by atoms with E-state index in [9.17, 15) is 4.79 Å². The molecule has 6 nitrogen and oxygen atoms in total. The lowest BCUT2D eigenvalue weighted by molar-refractivity contribution is 0.102. The van der Waals surface area contributed by atoms with Crippen molar-refractivity contribution in [3.8, 4) is 34.0 Å². The quantitative estimate of drug-likeness (QED) is 0.225. The lowest BCUT2D eigenvalue weighted by atomic mass is 10.1. The molecule has 5 aromatic rings. The fourth-order valence-electron chi connectivity index (χ4n) is 4.41. The molecule has 0 aliphatic rings. The van der Waals surface area contributed by atoms with Crippen LogP contribution < -0.4 is 10.2 Å². The molecular formula is C32H30N4O2. The summed E-state index contributed by atoms with van der Waals surface area (Å²) >= 11 is 0. The van der Waals surface area contributed by atoms with E-state index in [1.165, 1.54) is 0 Å². The maximum absolute atomic E-state index is 13.6. The van der Waals surface area contributed by atoms with Gasteiger partial charge in [0.15, 0.2) is 5.76 Å². The van der Waals surface area contributed by atoms with Crippen molar-refractivity contribution in [3.05, 3.63) is 109 Å². The maximum Gasteiger partial charge on any atom is 0.274 e. The number of carbonyl (C=O) groups excluding carboxylic acids is 1. The topological polar surface area (TPSA) is 71.3 Å². The summed E-state index contributed by atoms with van der Waals surface area (Å²) in [4.78, 5) is 25.1. The third kappa shape index (κ3) is 5.49. The van der Waals surface area contributed by atoms with Crippen molar-refractivity contribution in [2.45, 2.75) is 20.3 Å². The number of nitrogens with one attached hydrogen (secondary N) is 1. The molecule has 3 aromatic carbocycles. The van der Waals surface area contributed by atoms with Crippen LogP contribution in [0.1, 0.15) is 30.8 Å². The average Bonchev–Trinajstić information content (AvgIpc) is 3.47. The zero-order valence-electron chi connectivity index (χ0n) is 21.6. The van der Waals surface area contributed by atoms with E-state index in [4.69, 9.17) is 9.40 Å². The molecule has 2 aromatic heterocycles. The van der Waals surface area contributed by atoms with Crippen LogP contribution >= 0.6 is 0 Å². The molecule has 0 spiro atoms. The second-order valence-electron chi connectivity index (χ2n) is 8.94. The molecule has 0 saturated carbocycles. The SMILES string of the molecule is CCCN(CC)c1cc(C(=O)Nc2ccccc2-c2ncc(-c3ccccc3)o2)nc(-c2ccccc2)c1. The van der Waals surface area contributed by atoms with Crippen molar-refractivity contribution >= 4 is 17.3 Å². The van der Waals surface area contributed by atoms with Crippen LogP contribution in [0.2, 0.25) is 0 Å². The second-order valence-corrected chi connectivity index (χ2v) is 8.94. The van der Waals surface area contributed by atoms with E-state index in [0.717, 1.165) is 42.0 Å². The molecule has 0 bridgehead atoms. The standard InChI is InChI=1S/C32H30N4O2/c1-3-19-36(4-2)25-20-28(23-13-7-5-8-14-23)34-29(21-25)31(37)35-27-18-12-11-17-26(27)32-33-22-30(38-32)24-15-9-6-10-16-24/h5-18,20-22H,3-4,19H2,1-2H3,(H,35,37). The van der Waals surface area contributed by atoms with Gasteiger partial charge in [0, 0.05) is 29.9 Å². The Labute approximate surface area is 223 Å². The zero-order valence-corrected chi connectivity index (χ0v) is 21.6. The van der Waals surface area contributed by atoms with Gasteiger partial charge in [-0.3, -0.25) is 4.79 Å². The summed E-state index contributed by atoms with van der Waals surface area (Å²) in [7, 11) is 0. The smallest absolute Gasteiger partial charge is 0.274 e. The van der Waals surface area contributed by atoms with Gasteiger partial charge in [0.2, 0.25) is 5.89 Å². The molecular weight excluding hydrogens is 472 g/mol. The van der Waals surface area contributed by atoms with Crippen LogP contribution in [0.4, 0.5) is 11.4 Å². The number of aromatic nitrogens is 2. The van der Waals surface area contributed by atoms with E-state index in [1.54, 1.807) is 6.20 Å². The fourth-order valence-corrected chi connectivity index (χ4v) is 4.41. The summed E-state index contributed by atoms with van der Waals surface area (Å²) in [6.45, 7) is 6.00. The number of para-hydroxylation sites is 1. The second kappa shape index (κ2) is 11.6. The monoisotopic (exact) mass is 502 g/mol. The van der Waals surface area contributed by atoms with Crippen molar-refractivity contribution in [3.63, 3.8) is 0 Å². The largest absolute Gasteiger partial charge is 0.436 e. The Hall–Kier alpha value is -4.71. The number of hydrogen-bond donors (Lipinski definition) is 1. The number of oxazole rings is 1. The molecule has 1 N–H and O–H groups in total. The van der Waals surface area contributed by atoms with E-state index in [1.807, 2.05) is 91.0 Å². The van der Waals surface area contributed by atoms with Crippen LogP contribution in [-0.4, -0.2) is 29.0 Å². The van der Waals surface area contributed by atoms with Gasteiger partial charge in [0.05, 0.1) is 23.1 Å². The van der Waals surface area contributed by atoms with Crippen LogP contribution in [0.15, 0.2) is 108 Å². The lowest BCUT2D eigenvalue weighted by Crippen LogP contribution is -2.24. The van der Waals surface area contributed by atoms with E-state index in [2.05, 4.69) is 35.1 Å². The van der Waals surface area contributed by atoms with Crippen molar-refractivity contribution in [2.24, 2.45) is 0 Å². The highest BCUT2D eigenvalue weighted by atomic mass is 16.4. The Morgan fingerprint density at radius 3 is 2.26 bits per heavy atom. The number of nitrogens with zero attached hydrogens (tertiary/aromatic N) is 3. The number of anilines is 2. The molecule has 6 heteroatoms. The van der Waals surface area contributed by atoms with Crippen LogP contribution in [0.25, 0.3) is 34.0 Å². The van der Waals surface area contributed by atoms with Crippen LogP contribution in [0, 0.1) is 0 Å². The molecule has 0 saturated heterocycles. The number of pyridine rings is 1. The van der Waals surface area contributed by atoms with Gasteiger partial charge in [-0.25, -0.2) is 9.97 Å². The molecule has 0 aliphatic heterocycles. The van der Waals surface area contributed by atoms with E-state index in [-0.39, 0.29) is 5.91 Å². The zero-order chi connectivity index (χ0) is 26.3.